The van der Waals surface area contributed by atoms with E-state index in [-0.39, 0.29) is 0 Å². The number of hydrogen-bond acceptors (Lipinski definition) is 3. The van der Waals surface area contributed by atoms with Crippen molar-refractivity contribution in [3.05, 3.63) is 28.2 Å². The molecule has 0 unspecified atom stereocenters. The highest BCUT2D eigenvalue weighted by atomic mass is 79.9. The zero-order valence-electron chi connectivity index (χ0n) is 6.99. The number of nitrogens with two attached hydrogens (primary N) is 1. The molecule has 0 aromatic heterocycles. The first-order valence-corrected chi connectivity index (χ1v) is 4.33. The SMILES string of the molecule is CN(O)C(=O)c1cc(N)ccc1Br. The van der Waals surface area contributed by atoms with Crippen LogP contribution in [0, 0.1) is 0 Å². The molecule has 4 nitrogen and oxygen atoms in total. The summed E-state index contributed by atoms with van der Waals surface area (Å²) in [6, 6.07) is 4.82. The van der Waals surface area contributed by atoms with Gasteiger partial charge in [-0.15, -0.1) is 0 Å². The van der Waals surface area contributed by atoms with E-state index in [1.807, 2.05) is 0 Å². The number of amides is 1. The normalized spacial score (nSPS) is 9.77. The first-order valence-electron chi connectivity index (χ1n) is 3.54. The van der Waals surface area contributed by atoms with Crippen molar-refractivity contribution in [2.24, 2.45) is 0 Å². The van der Waals surface area contributed by atoms with Crippen LogP contribution in [0.25, 0.3) is 0 Å². The second-order valence-electron chi connectivity index (χ2n) is 2.57. The van der Waals surface area contributed by atoms with E-state index < -0.39 is 5.91 Å². The van der Waals surface area contributed by atoms with Crippen molar-refractivity contribution in [1.82, 2.24) is 5.06 Å². The van der Waals surface area contributed by atoms with Gasteiger partial charge >= 0.3 is 0 Å². The van der Waals surface area contributed by atoms with Gasteiger partial charge in [0.1, 0.15) is 0 Å². The summed E-state index contributed by atoms with van der Waals surface area (Å²) < 4.78 is 0.604. The fourth-order valence-corrected chi connectivity index (χ4v) is 1.30. The summed E-state index contributed by atoms with van der Waals surface area (Å²) in [5, 5.41) is 9.43. The molecular formula is C8H9BrN2O2. The van der Waals surface area contributed by atoms with Crippen molar-refractivity contribution in [3.63, 3.8) is 0 Å². The molecule has 0 fully saturated rings. The fraction of sp³-hybridized carbons (Fsp3) is 0.125. The van der Waals surface area contributed by atoms with E-state index in [2.05, 4.69) is 15.9 Å². The zero-order valence-corrected chi connectivity index (χ0v) is 8.58. The molecule has 1 aromatic rings. The van der Waals surface area contributed by atoms with Crippen molar-refractivity contribution in [2.45, 2.75) is 0 Å². The summed E-state index contributed by atoms with van der Waals surface area (Å²) in [6.07, 6.45) is 0. The molecule has 0 atom stereocenters. The number of rotatable bonds is 1. The molecule has 0 spiro atoms. The van der Waals surface area contributed by atoms with E-state index in [9.17, 15) is 4.79 Å². The van der Waals surface area contributed by atoms with Crippen LogP contribution in [0.2, 0.25) is 0 Å². The average Bonchev–Trinajstić information content (AvgIpc) is 2.08. The van der Waals surface area contributed by atoms with Gasteiger partial charge in [-0.3, -0.25) is 10.0 Å². The number of nitrogen functional groups attached to an aromatic ring is 1. The molecule has 0 bridgehead atoms. The second kappa shape index (κ2) is 3.76. The molecule has 0 saturated carbocycles. The van der Waals surface area contributed by atoms with Crippen LogP contribution in [0.5, 0.6) is 0 Å². The van der Waals surface area contributed by atoms with E-state index >= 15 is 0 Å². The van der Waals surface area contributed by atoms with Gasteiger partial charge in [0.25, 0.3) is 5.91 Å². The number of carbonyl (C=O) groups is 1. The fourth-order valence-electron chi connectivity index (χ4n) is 0.881. The van der Waals surface area contributed by atoms with Crippen molar-refractivity contribution in [3.8, 4) is 0 Å². The van der Waals surface area contributed by atoms with Gasteiger partial charge in [-0.2, -0.15) is 0 Å². The molecule has 0 aliphatic rings. The van der Waals surface area contributed by atoms with Gasteiger partial charge in [-0.05, 0) is 34.1 Å². The van der Waals surface area contributed by atoms with Crippen LogP contribution in [-0.2, 0) is 0 Å². The lowest BCUT2D eigenvalue weighted by Gasteiger charge is -2.09. The molecule has 5 heteroatoms. The molecule has 70 valence electrons. The third-order valence-corrected chi connectivity index (χ3v) is 2.21. The molecule has 1 aromatic carbocycles. The van der Waals surface area contributed by atoms with Crippen LogP contribution in [0.3, 0.4) is 0 Å². The van der Waals surface area contributed by atoms with Gasteiger partial charge in [0.15, 0.2) is 0 Å². The van der Waals surface area contributed by atoms with Gasteiger partial charge in [-0.25, -0.2) is 5.06 Å². The van der Waals surface area contributed by atoms with Gasteiger partial charge in [-0.1, -0.05) is 0 Å². The minimum absolute atomic E-state index is 0.338. The molecule has 0 heterocycles. The quantitative estimate of drug-likeness (QED) is 0.447. The van der Waals surface area contributed by atoms with Crippen molar-refractivity contribution >= 4 is 27.5 Å². The number of nitrogens with zero attached hydrogens (tertiary/aromatic N) is 1. The van der Waals surface area contributed by atoms with Crippen LogP contribution in [-0.4, -0.2) is 23.2 Å². The Labute approximate surface area is 84.0 Å². The molecule has 0 aliphatic carbocycles. The summed E-state index contributed by atoms with van der Waals surface area (Å²) in [4.78, 5) is 11.3. The third-order valence-electron chi connectivity index (χ3n) is 1.51. The van der Waals surface area contributed by atoms with Crippen LogP contribution < -0.4 is 5.73 Å². The second-order valence-corrected chi connectivity index (χ2v) is 3.42. The lowest BCUT2D eigenvalue weighted by Crippen LogP contribution is -2.22. The van der Waals surface area contributed by atoms with Gasteiger partial charge in [0.05, 0.1) is 5.56 Å². The van der Waals surface area contributed by atoms with Gasteiger partial charge < -0.3 is 5.73 Å². The van der Waals surface area contributed by atoms with Crippen LogP contribution in [0.4, 0.5) is 5.69 Å². The Balaban J connectivity index is 3.13. The van der Waals surface area contributed by atoms with E-state index in [0.717, 1.165) is 0 Å². The predicted octanol–water partition coefficient (Wildman–Crippen LogP) is 1.49. The predicted molar refractivity (Wildman–Crippen MR) is 52.4 cm³/mol. The minimum atomic E-state index is -0.501. The molecule has 0 radical (unpaired) electrons. The van der Waals surface area contributed by atoms with E-state index in [4.69, 9.17) is 10.9 Å². The Morgan fingerprint density at radius 3 is 2.77 bits per heavy atom. The molecule has 0 aliphatic heterocycles. The highest BCUT2D eigenvalue weighted by Gasteiger charge is 2.13. The van der Waals surface area contributed by atoms with Gasteiger partial charge in [0.2, 0.25) is 0 Å². The Morgan fingerprint density at radius 2 is 2.23 bits per heavy atom. The summed E-state index contributed by atoms with van der Waals surface area (Å²) >= 11 is 3.19. The number of carbonyl (C=O) groups excluding carboxylic acids is 1. The van der Waals surface area contributed by atoms with Crippen molar-refractivity contribution in [1.29, 1.82) is 0 Å². The summed E-state index contributed by atoms with van der Waals surface area (Å²) in [6.45, 7) is 0. The number of anilines is 1. The highest BCUT2D eigenvalue weighted by molar-refractivity contribution is 9.10. The van der Waals surface area contributed by atoms with Crippen LogP contribution >= 0.6 is 15.9 Å². The third kappa shape index (κ3) is 2.19. The van der Waals surface area contributed by atoms with Crippen LogP contribution in [0.15, 0.2) is 22.7 Å². The molecular weight excluding hydrogens is 236 g/mol. The first kappa shape index (κ1) is 10.0. The molecule has 13 heavy (non-hydrogen) atoms. The molecule has 0 saturated heterocycles. The smallest absolute Gasteiger partial charge is 0.278 e. The lowest BCUT2D eigenvalue weighted by molar-refractivity contribution is -0.0375. The summed E-state index contributed by atoms with van der Waals surface area (Å²) in [5.74, 6) is -0.501. The van der Waals surface area contributed by atoms with Crippen molar-refractivity contribution < 1.29 is 10.0 Å². The van der Waals surface area contributed by atoms with Crippen LogP contribution in [0.1, 0.15) is 10.4 Å². The maximum Gasteiger partial charge on any atom is 0.278 e. The standard InChI is InChI=1S/C8H9BrN2O2/c1-11(13)8(12)6-4-5(10)2-3-7(6)9/h2-4,13H,10H2,1H3. The Hall–Kier alpha value is -1.07. The largest absolute Gasteiger partial charge is 0.399 e. The highest BCUT2D eigenvalue weighted by Crippen LogP contribution is 2.20. The number of halogens is 1. The van der Waals surface area contributed by atoms with Gasteiger partial charge in [0, 0.05) is 17.2 Å². The molecule has 1 rings (SSSR count). The zero-order chi connectivity index (χ0) is 10.0. The average molecular weight is 245 g/mol. The summed E-state index contributed by atoms with van der Waals surface area (Å²) in [7, 11) is 1.26. The minimum Gasteiger partial charge on any atom is -0.399 e. The Kier molecular flexibility index (Phi) is 2.90. The number of benzene rings is 1. The summed E-state index contributed by atoms with van der Waals surface area (Å²) in [5.41, 5.74) is 6.31. The topological polar surface area (TPSA) is 66.6 Å². The maximum absolute atomic E-state index is 11.3. The Morgan fingerprint density at radius 1 is 1.62 bits per heavy atom. The van der Waals surface area contributed by atoms with E-state index in [0.29, 0.717) is 20.8 Å². The monoisotopic (exact) mass is 244 g/mol. The maximum atomic E-state index is 11.3. The lowest BCUT2D eigenvalue weighted by atomic mass is 10.2. The van der Waals surface area contributed by atoms with E-state index in [1.54, 1.807) is 12.1 Å². The molecule has 3 N–H and O–H groups in total. The van der Waals surface area contributed by atoms with Crippen molar-refractivity contribution in [2.75, 3.05) is 12.8 Å². The Bertz CT molecular complexity index is 339. The number of hydroxylamine groups is 2. The van der Waals surface area contributed by atoms with E-state index in [1.165, 1.54) is 13.1 Å². The number of hydrogen-bond donors (Lipinski definition) is 2. The molecule has 1 amide bonds. The first-order chi connectivity index (χ1) is 6.02.